The first kappa shape index (κ1) is 19.3. The van der Waals surface area contributed by atoms with E-state index in [0.717, 1.165) is 27.6 Å². The van der Waals surface area contributed by atoms with E-state index >= 15 is 0 Å². The summed E-state index contributed by atoms with van der Waals surface area (Å²) >= 11 is 2.81. The summed E-state index contributed by atoms with van der Waals surface area (Å²) in [6.45, 7) is 0. The minimum Gasteiger partial charge on any atom is -0.348 e. The Kier molecular flexibility index (Phi) is 4.55. The number of H-pyrrole nitrogens is 1. The topological polar surface area (TPSA) is 69.7 Å². The van der Waals surface area contributed by atoms with Gasteiger partial charge in [-0.15, -0.1) is 0 Å². The normalized spacial score (nSPS) is 23.0. The van der Waals surface area contributed by atoms with Crippen molar-refractivity contribution in [1.29, 1.82) is 0 Å². The number of hydrogen-bond donors (Lipinski definition) is 2. The van der Waals surface area contributed by atoms with Crippen molar-refractivity contribution in [1.82, 2.24) is 25.5 Å². The van der Waals surface area contributed by atoms with Crippen LogP contribution in [0.2, 0.25) is 0 Å². The van der Waals surface area contributed by atoms with E-state index in [1.807, 2.05) is 0 Å². The van der Waals surface area contributed by atoms with Crippen LogP contribution in [0.15, 0.2) is 24.5 Å². The van der Waals surface area contributed by atoms with Gasteiger partial charge in [-0.3, -0.25) is 5.10 Å². The third-order valence-corrected chi connectivity index (χ3v) is 8.51. The van der Waals surface area contributed by atoms with Crippen LogP contribution in [0.4, 0.5) is 13.9 Å². The molecular weight excluding hydrogens is 438 g/mol. The SMILES string of the molecule is CN(c1nc2sc(-c3cc(F)c(-c4cn[nH]c4)cc3F)nc2s1)C1C[C@H]2CC[C@@H](C1)N2. The van der Waals surface area contributed by atoms with Crippen LogP contribution in [0.1, 0.15) is 25.7 Å². The number of fused-ring (bicyclic) bond motifs is 3. The monoisotopic (exact) mass is 458 g/mol. The van der Waals surface area contributed by atoms with Crippen LogP contribution in [-0.2, 0) is 0 Å². The summed E-state index contributed by atoms with van der Waals surface area (Å²) < 4.78 is 29.5. The summed E-state index contributed by atoms with van der Waals surface area (Å²) in [4.78, 5) is 13.1. The standard InChI is InChI=1S/C21H20F2N6S2/c1-29(13-4-11-2-3-12(5-13)26-11)21-28-20-19(31-21)27-18(30-20)15-7-16(22)14(6-17(15)23)10-8-24-25-9-10/h6-9,11-13,26H,2-5H2,1H3,(H,24,25)/t11-,12+,13?. The first-order chi connectivity index (χ1) is 15.0. The van der Waals surface area contributed by atoms with E-state index in [1.165, 1.54) is 60.0 Å². The minimum atomic E-state index is -0.512. The number of nitrogens with zero attached hydrogens (tertiary/aromatic N) is 4. The van der Waals surface area contributed by atoms with Crippen molar-refractivity contribution >= 4 is 37.5 Å². The Balaban J connectivity index is 1.28. The third-order valence-electron chi connectivity index (χ3n) is 6.36. The average molecular weight is 459 g/mol. The van der Waals surface area contributed by atoms with Gasteiger partial charge in [0.2, 0.25) is 0 Å². The highest BCUT2D eigenvalue weighted by atomic mass is 32.1. The molecule has 10 heteroatoms. The largest absolute Gasteiger partial charge is 0.348 e. The molecule has 2 N–H and O–H groups in total. The second-order valence-corrected chi connectivity index (χ2v) is 10.2. The number of thiazole rings is 2. The second-order valence-electron chi connectivity index (χ2n) is 8.30. The lowest BCUT2D eigenvalue weighted by Gasteiger charge is -2.35. The molecule has 2 aliphatic heterocycles. The molecule has 2 bridgehead atoms. The van der Waals surface area contributed by atoms with E-state index < -0.39 is 11.6 Å². The molecule has 4 aromatic rings. The Labute approximate surface area is 185 Å². The van der Waals surface area contributed by atoms with E-state index in [2.05, 4.69) is 32.4 Å². The zero-order valence-corrected chi connectivity index (χ0v) is 18.4. The van der Waals surface area contributed by atoms with Crippen molar-refractivity contribution in [2.75, 3.05) is 11.9 Å². The zero-order valence-electron chi connectivity index (χ0n) is 16.7. The van der Waals surface area contributed by atoms with Gasteiger partial charge < -0.3 is 10.2 Å². The number of halogens is 2. The van der Waals surface area contributed by atoms with Gasteiger partial charge in [-0.2, -0.15) is 5.10 Å². The van der Waals surface area contributed by atoms with Crippen molar-refractivity contribution in [3.05, 3.63) is 36.2 Å². The van der Waals surface area contributed by atoms with Gasteiger partial charge >= 0.3 is 0 Å². The van der Waals surface area contributed by atoms with E-state index in [1.54, 1.807) is 0 Å². The van der Waals surface area contributed by atoms with Gasteiger partial charge in [-0.1, -0.05) is 22.7 Å². The number of piperidine rings is 1. The summed E-state index contributed by atoms with van der Waals surface area (Å²) in [6.07, 6.45) is 7.78. The van der Waals surface area contributed by atoms with Crippen LogP contribution in [0.3, 0.4) is 0 Å². The number of anilines is 1. The van der Waals surface area contributed by atoms with Crippen LogP contribution in [0.25, 0.3) is 31.4 Å². The molecule has 5 heterocycles. The first-order valence-corrected chi connectivity index (χ1v) is 11.9. The molecule has 3 aromatic heterocycles. The van der Waals surface area contributed by atoms with Gasteiger partial charge in [-0.05, 0) is 37.8 Å². The fraction of sp³-hybridized carbons (Fsp3) is 0.381. The summed E-state index contributed by atoms with van der Waals surface area (Å²) in [7, 11) is 2.10. The maximum absolute atomic E-state index is 14.8. The van der Waals surface area contributed by atoms with E-state index in [0.29, 0.717) is 28.7 Å². The maximum Gasteiger partial charge on any atom is 0.188 e. The molecule has 6 rings (SSSR count). The van der Waals surface area contributed by atoms with Crippen LogP contribution in [-0.4, -0.2) is 45.3 Å². The molecule has 1 aromatic carbocycles. The van der Waals surface area contributed by atoms with Gasteiger partial charge in [0.05, 0.1) is 6.20 Å². The zero-order chi connectivity index (χ0) is 21.1. The third kappa shape index (κ3) is 3.33. The predicted octanol–water partition coefficient (Wildman–Crippen LogP) is 4.81. The van der Waals surface area contributed by atoms with Crippen molar-refractivity contribution in [2.45, 2.75) is 43.8 Å². The molecule has 0 spiro atoms. The molecule has 31 heavy (non-hydrogen) atoms. The van der Waals surface area contributed by atoms with E-state index in [9.17, 15) is 8.78 Å². The van der Waals surface area contributed by atoms with Gasteiger partial charge in [-0.25, -0.2) is 18.7 Å². The Morgan fingerprint density at radius 2 is 1.71 bits per heavy atom. The lowest BCUT2D eigenvalue weighted by Crippen LogP contribution is -2.47. The number of hydrogen-bond acceptors (Lipinski definition) is 7. The fourth-order valence-electron chi connectivity index (χ4n) is 4.73. The van der Waals surface area contributed by atoms with E-state index in [4.69, 9.17) is 4.98 Å². The lowest BCUT2D eigenvalue weighted by atomic mass is 9.99. The highest BCUT2D eigenvalue weighted by Crippen LogP contribution is 2.40. The Morgan fingerprint density at radius 1 is 1.00 bits per heavy atom. The second kappa shape index (κ2) is 7.32. The predicted molar refractivity (Wildman–Crippen MR) is 120 cm³/mol. The van der Waals surface area contributed by atoms with E-state index in [-0.39, 0.29) is 11.1 Å². The van der Waals surface area contributed by atoms with Crippen molar-refractivity contribution in [2.24, 2.45) is 0 Å². The summed E-state index contributed by atoms with van der Waals surface area (Å²) in [5, 5.41) is 11.5. The quantitative estimate of drug-likeness (QED) is 0.459. The first-order valence-electron chi connectivity index (χ1n) is 10.3. The van der Waals surface area contributed by atoms with Crippen molar-refractivity contribution in [3.63, 3.8) is 0 Å². The number of aromatic amines is 1. The molecular formula is C21H20F2N6S2. The molecule has 160 valence electrons. The maximum atomic E-state index is 14.8. The highest BCUT2D eigenvalue weighted by molar-refractivity contribution is 7.29. The Bertz CT molecular complexity index is 1210. The summed E-state index contributed by atoms with van der Waals surface area (Å²) in [6, 6.07) is 4.10. The van der Waals surface area contributed by atoms with Gasteiger partial charge in [0, 0.05) is 48.1 Å². The minimum absolute atomic E-state index is 0.157. The number of rotatable bonds is 4. The van der Waals surface area contributed by atoms with Gasteiger partial charge in [0.15, 0.2) is 14.8 Å². The molecule has 3 atom stereocenters. The van der Waals surface area contributed by atoms with Crippen LogP contribution >= 0.6 is 22.7 Å². The smallest absolute Gasteiger partial charge is 0.188 e. The molecule has 6 nitrogen and oxygen atoms in total. The van der Waals surface area contributed by atoms with Crippen LogP contribution in [0, 0.1) is 11.6 Å². The van der Waals surface area contributed by atoms with Crippen molar-refractivity contribution in [3.8, 4) is 21.7 Å². The molecule has 0 aliphatic carbocycles. The molecule has 0 radical (unpaired) electrons. The Hall–Kier alpha value is -2.43. The lowest BCUT2D eigenvalue weighted by molar-refractivity contribution is 0.354. The van der Waals surface area contributed by atoms with Gasteiger partial charge in [0.1, 0.15) is 16.6 Å². The number of aromatic nitrogens is 4. The molecule has 1 unspecified atom stereocenters. The highest BCUT2D eigenvalue weighted by Gasteiger charge is 2.36. The molecule has 2 aliphatic rings. The molecule has 2 fully saturated rings. The van der Waals surface area contributed by atoms with Crippen LogP contribution in [0.5, 0.6) is 0 Å². The van der Waals surface area contributed by atoms with Crippen molar-refractivity contribution < 1.29 is 8.78 Å². The molecule has 2 saturated heterocycles. The number of nitrogens with one attached hydrogen (secondary N) is 2. The summed E-state index contributed by atoms with van der Waals surface area (Å²) in [5.74, 6) is -1.02. The molecule has 0 amide bonds. The average Bonchev–Trinajstić information content (AvgIpc) is 3.53. The Morgan fingerprint density at radius 3 is 2.42 bits per heavy atom. The molecule has 0 saturated carbocycles. The fourth-order valence-corrected chi connectivity index (χ4v) is 6.82. The summed E-state index contributed by atoms with van der Waals surface area (Å²) in [5.41, 5.74) is 0.833. The number of benzene rings is 1. The van der Waals surface area contributed by atoms with Crippen LogP contribution < -0.4 is 10.2 Å². The van der Waals surface area contributed by atoms with Gasteiger partial charge in [0.25, 0.3) is 0 Å².